The van der Waals surface area contributed by atoms with E-state index in [9.17, 15) is 14.7 Å². The number of allylic oxidation sites excluding steroid dienone is 1. The Morgan fingerprint density at radius 3 is 2.18 bits per heavy atom. The summed E-state index contributed by atoms with van der Waals surface area (Å²) in [6.45, 7) is 0. The van der Waals surface area contributed by atoms with E-state index in [4.69, 9.17) is 4.74 Å². The maximum absolute atomic E-state index is 13.7. The zero-order chi connectivity index (χ0) is 24.2. The fraction of sp³-hybridized carbons (Fsp3) is 0.154. The first kappa shape index (κ1) is 23.1. The van der Waals surface area contributed by atoms with Gasteiger partial charge < -0.3 is 14.7 Å². The van der Waals surface area contributed by atoms with Crippen molar-refractivity contribution in [1.29, 1.82) is 0 Å². The Balaban J connectivity index is 1.86. The molecule has 0 fully saturated rings. The van der Waals surface area contributed by atoms with Gasteiger partial charge in [0.1, 0.15) is 16.8 Å². The van der Waals surface area contributed by atoms with Crippen LogP contribution in [0.25, 0.3) is 16.6 Å². The predicted octanol–water partition coefficient (Wildman–Crippen LogP) is 4.73. The first-order valence-corrected chi connectivity index (χ1v) is 11.2. The number of carboxylic acids is 1. The van der Waals surface area contributed by atoms with Gasteiger partial charge >= 0.3 is 5.97 Å². The lowest BCUT2D eigenvalue weighted by molar-refractivity contribution is -0.130. The van der Waals surface area contributed by atoms with E-state index >= 15 is 0 Å². The Labute approximate surface area is 201 Å². The van der Waals surface area contributed by atoms with Gasteiger partial charge in [0.05, 0.1) is 24.4 Å². The van der Waals surface area contributed by atoms with Crippen molar-refractivity contribution in [2.75, 3.05) is 26.1 Å². The SMILES string of the molecule is COc1ccc(C(=O)C(Cc2ccc(N(C)C)cc2)=C(C(=O)O)c2ccc3nsnc3c2)cc1. The van der Waals surface area contributed by atoms with Crippen LogP contribution in [0.5, 0.6) is 5.75 Å². The second-order valence-electron chi connectivity index (χ2n) is 7.92. The Kier molecular flexibility index (Phi) is 6.70. The lowest BCUT2D eigenvalue weighted by Crippen LogP contribution is -2.14. The van der Waals surface area contributed by atoms with Crippen LogP contribution in [0.2, 0.25) is 0 Å². The van der Waals surface area contributed by atoms with Crippen molar-refractivity contribution in [2.24, 2.45) is 0 Å². The van der Waals surface area contributed by atoms with Crippen LogP contribution in [-0.2, 0) is 11.2 Å². The van der Waals surface area contributed by atoms with Crippen LogP contribution >= 0.6 is 11.7 Å². The summed E-state index contributed by atoms with van der Waals surface area (Å²) in [7, 11) is 5.44. The summed E-state index contributed by atoms with van der Waals surface area (Å²) in [5, 5.41) is 10.2. The predicted molar refractivity (Wildman–Crippen MR) is 134 cm³/mol. The van der Waals surface area contributed by atoms with E-state index in [-0.39, 0.29) is 23.4 Å². The van der Waals surface area contributed by atoms with Crippen LogP contribution in [-0.4, -0.2) is 46.8 Å². The minimum Gasteiger partial charge on any atom is -0.497 e. The first-order chi connectivity index (χ1) is 16.4. The van der Waals surface area contributed by atoms with Crippen molar-refractivity contribution in [1.82, 2.24) is 8.75 Å². The fourth-order valence-electron chi connectivity index (χ4n) is 3.68. The number of carbonyl (C=O) groups is 2. The first-order valence-electron chi connectivity index (χ1n) is 10.5. The number of aliphatic carboxylic acids is 1. The third kappa shape index (κ3) is 4.82. The highest BCUT2D eigenvalue weighted by atomic mass is 32.1. The molecule has 1 aromatic heterocycles. The molecule has 34 heavy (non-hydrogen) atoms. The molecule has 0 saturated carbocycles. The van der Waals surface area contributed by atoms with Crippen molar-refractivity contribution in [3.63, 3.8) is 0 Å². The number of ether oxygens (including phenoxy) is 1. The summed E-state index contributed by atoms with van der Waals surface area (Å²) in [4.78, 5) is 28.2. The molecule has 0 bridgehead atoms. The molecule has 1 N–H and O–H groups in total. The van der Waals surface area contributed by atoms with Gasteiger partial charge in [-0.1, -0.05) is 18.2 Å². The molecule has 0 atom stereocenters. The van der Waals surface area contributed by atoms with Gasteiger partial charge in [-0.2, -0.15) is 8.75 Å². The normalized spacial score (nSPS) is 11.7. The fourth-order valence-corrected chi connectivity index (χ4v) is 4.20. The number of carboxylic acid groups (broad SMARTS) is 1. The van der Waals surface area contributed by atoms with E-state index in [1.54, 1.807) is 49.6 Å². The van der Waals surface area contributed by atoms with Gasteiger partial charge in [-0.15, -0.1) is 0 Å². The maximum Gasteiger partial charge on any atom is 0.336 e. The molecular formula is C26H23N3O4S. The van der Waals surface area contributed by atoms with Crippen LogP contribution in [0.15, 0.2) is 72.3 Å². The van der Waals surface area contributed by atoms with E-state index in [0.717, 1.165) is 23.0 Å². The van der Waals surface area contributed by atoms with Gasteiger partial charge in [0, 0.05) is 37.3 Å². The highest BCUT2D eigenvalue weighted by Gasteiger charge is 2.24. The van der Waals surface area contributed by atoms with Gasteiger partial charge in [-0.3, -0.25) is 4.79 Å². The van der Waals surface area contributed by atoms with E-state index in [0.29, 0.717) is 27.9 Å². The standard InChI is InChI=1S/C26H23N3O4S/c1-29(2)19-9-4-16(5-10-19)14-21(25(30)17-6-11-20(33-3)12-7-17)24(26(31)32)18-8-13-22-23(15-18)28-34-27-22/h4-13,15H,14H2,1-3H3,(H,31,32). The molecule has 0 aliphatic carbocycles. The Morgan fingerprint density at radius 1 is 0.912 bits per heavy atom. The number of rotatable bonds is 8. The lowest BCUT2D eigenvalue weighted by atomic mass is 9.89. The van der Waals surface area contributed by atoms with E-state index in [1.807, 2.05) is 43.3 Å². The summed E-state index contributed by atoms with van der Waals surface area (Å²) in [5.41, 5.74) is 4.05. The molecule has 8 heteroatoms. The number of hydrogen-bond donors (Lipinski definition) is 1. The summed E-state index contributed by atoms with van der Waals surface area (Å²) < 4.78 is 13.6. The van der Waals surface area contributed by atoms with Crippen molar-refractivity contribution < 1.29 is 19.4 Å². The number of aromatic nitrogens is 2. The molecule has 1 heterocycles. The van der Waals surface area contributed by atoms with E-state index < -0.39 is 5.97 Å². The summed E-state index contributed by atoms with van der Waals surface area (Å²) in [5.74, 6) is -0.918. The highest BCUT2D eigenvalue weighted by Crippen LogP contribution is 2.28. The quantitative estimate of drug-likeness (QED) is 0.292. The monoisotopic (exact) mass is 473 g/mol. The minimum absolute atomic E-state index is 0.0487. The van der Waals surface area contributed by atoms with Crippen molar-refractivity contribution in [2.45, 2.75) is 6.42 Å². The number of nitrogens with zero attached hydrogens (tertiary/aromatic N) is 3. The molecule has 0 radical (unpaired) electrons. The van der Waals surface area contributed by atoms with Crippen molar-refractivity contribution in [3.05, 3.63) is 89.0 Å². The maximum atomic E-state index is 13.7. The van der Waals surface area contributed by atoms with E-state index in [1.165, 1.54) is 0 Å². The number of ketones is 1. The number of benzene rings is 3. The minimum atomic E-state index is -1.18. The second-order valence-corrected chi connectivity index (χ2v) is 8.45. The van der Waals surface area contributed by atoms with Crippen LogP contribution in [0.1, 0.15) is 21.5 Å². The zero-order valence-corrected chi connectivity index (χ0v) is 19.8. The smallest absolute Gasteiger partial charge is 0.336 e. The van der Waals surface area contributed by atoms with Gasteiger partial charge in [0.2, 0.25) is 0 Å². The topological polar surface area (TPSA) is 92.6 Å². The number of methoxy groups -OCH3 is 1. The van der Waals surface area contributed by atoms with Crippen molar-refractivity contribution in [3.8, 4) is 5.75 Å². The number of carbonyl (C=O) groups excluding carboxylic acids is 1. The van der Waals surface area contributed by atoms with E-state index in [2.05, 4.69) is 8.75 Å². The molecule has 0 saturated heterocycles. The molecular weight excluding hydrogens is 450 g/mol. The number of Topliss-reactive ketones (excluding diaryl/α,β-unsaturated/α-hetero) is 1. The molecule has 3 aromatic carbocycles. The molecule has 0 aliphatic heterocycles. The summed E-state index contributed by atoms with van der Waals surface area (Å²) in [6.07, 6.45) is 0.160. The van der Waals surface area contributed by atoms with Gasteiger partial charge in [0.25, 0.3) is 0 Å². The average molecular weight is 474 g/mol. The van der Waals surface area contributed by atoms with Crippen LogP contribution < -0.4 is 9.64 Å². The third-order valence-corrected chi connectivity index (χ3v) is 6.07. The van der Waals surface area contributed by atoms with Gasteiger partial charge in [0.15, 0.2) is 5.78 Å². The highest BCUT2D eigenvalue weighted by molar-refractivity contribution is 7.00. The number of anilines is 1. The molecule has 7 nitrogen and oxygen atoms in total. The summed E-state index contributed by atoms with van der Waals surface area (Å²) >= 11 is 1.06. The molecule has 172 valence electrons. The molecule has 0 amide bonds. The molecule has 0 spiro atoms. The van der Waals surface area contributed by atoms with Gasteiger partial charge in [-0.25, -0.2) is 4.79 Å². The number of fused-ring (bicyclic) bond motifs is 1. The molecule has 4 aromatic rings. The lowest BCUT2D eigenvalue weighted by Gasteiger charge is -2.15. The summed E-state index contributed by atoms with van der Waals surface area (Å²) in [6, 6.07) is 19.4. The Bertz CT molecular complexity index is 1370. The van der Waals surface area contributed by atoms with Crippen LogP contribution in [0.4, 0.5) is 5.69 Å². The Morgan fingerprint density at radius 2 is 1.56 bits per heavy atom. The molecule has 0 unspecified atom stereocenters. The third-order valence-electron chi connectivity index (χ3n) is 5.52. The number of hydrogen-bond acceptors (Lipinski definition) is 7. The van der Waals surface area contributed by atoms with Crippen LogP contribution in [0, 0.1) is 0 Å². The average Bonchev–Trinajstić information content (AvgIpc) is 3.31. The van der Waals surface area contributed by atoms with Gasteiger partial charge in [-0.05, 0) is 59.7 Å². The molecule has 0 aliphatic rings. The largest absolute Gasteiger partial charge is 0.497 e. The van der Waals surface area contributed by atoms with Crippen LogP contribution in [0.3, 0.4) is 0 Å². The zero-order valence-electron chi connectivity index (χ0n) is 19.0. The van der Waals surface area contributed by atoms with Crippen molar-refractivity contribution >= 4 is 45.8 Å². The second kappa shape index (κ2) is 9.84. The Hall–Kier alpha value is -4.04. The molecule has 4 rings (SSSR count).